The zero-order chi connectivity index (χ0) is 12.8. The lowest BCUT2D eigenvalue weighted by Gasteiger charge is -2.06. The maximum absolute atomic E-state index is 12.9. The third-order valence-electron chi connectivity index (χ3n) is 2.10. The molecule has 0 aliphatic carbocycles. The number of nitrogens with one attached hydrogen (secondary N) is 1. The van der Waals surface area contributed by atoms with E-state index in [9.17, 15) is 9.18 Å². The Morgan fingerprint density at radius 1 is 1.28 bits per heavy atom. The first kappa shape index (κ1) is 12.0. The number of ether oxygens (including phenoxy) is 1. The van der Waals surface area contributed by atoms with E-state index in [1.165, 1.54) is 18.2 Å². The average Bonchev–Trinajstić information content (AvgIpc) is 2.38. The molecule has 0 aliphatic heterocycles. The van der Waals surface area contributed by atoms with Gasteiger partial charge in [-0.3, -0.25) is 4.79 Å². The fraction of sp³-hybridized carbons (Fsp3) is 0.0769. The molecule has 1 aromatic heterocycles. The van der Waals surface area contributed by atoms with E-state index < -0.39 is 5.82 Å². The monoisotopic (exact) mass is 246 g/mol. The number of amides is 1. The highest BCUT2D eigenvalue weighted by atomic mass is 19.1. The minimum Gasteiger partial charge on any atom is -0.468 e. The van der Waals surface area contributed by atoms with Crippen molar-refractivity contribution >= 4 is 11.6 Å². The summed E-state index contributed by atoms with van der Waals surface area (Å²) in [6.45, 7) is -0.173. The van der Waals surface area contributed by atoms with Crippen LogP contribution in [-0.4, -0.2) is 17.5 Å². The van der Waals surface area contributed by atoms with E-state index in [0.717, 1.165) is 0 Å². The first-order valence-electron chi connectivity index (χ1n) is 5.33. The summed E-state index contributed by atoms with van der Waals surface area (Å²) in [7, 11) is 0. The van der Waals surface area contributed by atoms with Gasteiger partial charge in [0.1, 0.15) is 5.82 Å². The van der Waals surface area contributed by atoms with Gasteiger partial charge in [0.15, 0.2) is 6.61 Å². The molecular weight excluding hydrogens is 235 g/mol. The molecule has 0 unspecified atom stereocenters. The minimum absolute atomic E-state index is 0.173. The SMILES string of the molecule is O=C(COc1ccccn1)Nc1cccc(F)c1. The van der Waals surface area contributed by atoms with Crippen LogP contribution in [0.2, 0.25) is 0 Å². The summed E-state index contributed by atoms with van der Waals surface area (Å²) in [4.78, 5) is 15.4. The molecule has 0 radical (unpaired) electrons. The molecule has 0 saturated heterocycles. The molecule has 0 aliphatic rings. The number of rotatable bonds is 4. The van der Waals surface area contributed by atoms with Gasteiger partial charge in [-0.2, -0.15) is 0 Å². The first-order chi connectivity index (χ1) is 8.74. The van der Waals surface area contributed by atoms with Gasteiger partial charge in [-0.15, -0.1) is 0 Å². The highest BCUT2D eigenvalue weighted by Gasteiger charge is 2.04. The van der Waals surface area contributed by atoms with Crippen LogP contribution in [0.1, 0.15) is 0 Å². The predicted molar refractivity (Wildman–Crippen MR) is 64.8 cm³/mol. The van der Waals surface area contributed by atoms with Crippen LogP contribution < -0.4 is 10.1 Å². The number of anilines is 1. The highest BCUT2D eigenvalue weighted by Crippen LogP contribution is 2.09. The Bertz CT molecular complexity index is 532. The molecule has 92 valence electrons. The van der Waals surface area contributed by atoms with Crippen molar-refractivity contribution in [1.29, 1.82) is 0 Å². The molecule has 0 saturated carbocycles. The summed E-state index contributed by atoms with van der Waals surface area (Å²) < 4.78 is 18.0. The van der Waals surface area contributed by atoms with Crippen LogP contribution >= 0.6 is 0 Å². The van der Waals surface area contributed by atoms with Crippen molar-refractivity contribution in [3.05, 3.63) is 54.5 Å². The maximum atomic E-state index is 12.9. The van der Waals surface area contributed by atoms with Crippen molar-refractivity contribution in [2.24, 2.45) is 0 Å². The molecule has 1 N–H and O–H groups in total. The molecule has 4 nitrogen and oxygen atoms in total. The van der Waals surface area contributed by atoms with Gasteiger partial charge in [-0.25, -0.2) is 9.37 Å². The van der Waals surface area contributed by atoms with E-state index in [-0.39, 0.29) is 12.5 Å². The number of carbonyl (C=O) groups is 1. The molecule has 18 heavy (non-hydrogen) atoms. The Morgan fingerprint density at radius 3 is 2.89 bits per heavy atom. The van der Waals surface area contributed by atoms with Gasteiger partial charge in [0, 0.05) is 18.0 Å². The second kappa shape index (κ2) is 5.77. The van der Waals surface area contributed by atoms with E-state index in [0.29, 0.717) is 11.6 Å². The number of halogens is 1. The number of nitrogens with zero attached hydrogens (tertiary/aromatic N) is 1. The zero-order valence-corrected chi connectivity index (χ0v) is 9.47. The van der Waals surface area contributed by atoms with Crippen molar-refractivity contribution in [3.8, 4) is 5.88 Å². The second-order valence-corrected chi connectivity index (χ2v) is 3.52. The van der Waals surface area contributed by atoms with E-state index in [1.807, 2.05) is 0 Å². The van der Waals surface area contributed by atoms with Crippen LogP contribution in [0.5, 0.6) is 5.88 Å². The van der Waals surface area contributed by atoms with Crippen molar-refractivity contribution in [1.82, 2.24) is 4.98 Å². The quantitative estimate of drug-likeness (QED) is 0.900. The number of pyridine rings is 1. The smallest absolute Gasteiger partial charge is 0.262 e. The van der Waals surface area contributed by atoms with Crippen molar-refractivity contribution in [2.45, 2.75) is 0 Å². The van der Waals surface area contributed by atoms with Crippen LogP contribution in [0.4, 0.5) is 10.1 Å². The topological polar surface area (TPSA) is 51.2 Å². The maximum Gasteiger partial charge on any atom is 0.262 e. The Hall–Kier alpha value is -2.43. The summed E-state index contributed by atoms with van der Waals surface area (Å²) in [6, 6.07) is 10.8. The van der Waals surface area contributed by atoms with E-state index in [2.05, 4.69) is 10.3 Å². The predicted octanol–water partition coefficient (Wildman–Crippen LogP) is 2.24. The number of benzene rings is 1. The second-order valence-electron chi connectivity index (χ2n) is 3.52. The van der Waals surface area contributed by atoms with Gasteiger partial charge in [0.25, 0.3) is 5.91 Å². The van der Waals surface area contributed by atoms with Crippen LogP contribution in [0, 0.1) is 5.82 Å². The Morgan fingerprint density at radius 2 is 2.17 bits per heavy atom. The summed E-state index contributed by atoms with van der Waals surface area (Å²) >= 11 is 0. The van der Waals surface area contributed by atoms with Crippen LogP contribution in [0.3, 0.4) is 0 Å². The van der Waals surface area contributed by atoms with E-state index in [1.54, 1.807) is 30.5 Å². The largest absolute Gasteiger partial charge is 0.468 e. The van der Waals surface area contributed by atoms with Crippen LogP contribution in [0.15, 0.2) is 48.7 Å². The zero-order valence-electron chi connectivity index (χ0n) is 9.47. The lowest BCUT2D eigenvalue weighted by molar-refractivity contribution is -0.118. The molecular formula is C13H11FN2O2. The van der Waals surface area contributed by atoms with Gasteiger partial charge < -0.3 is 10.1 Å². The molecule has 1 aromatic carbocycles. The van der Waals surface area contributed by atoms with E-state index in [4.69, 9.17) is 4.74 Å². The van der Waals surface area contributed by atoms with Gasteiger partial charge in [-0.05, 0) is 24.3 Å². The van der Waals surface area contributed by atoms with Crippen LogP contribution in [-0.2, 0) is 4.79 Å². The molecule has 2 aromatic rings. The Balaban J connectivity index is 1.86. The molecule has 2 rings (SSSR count). The third kappa shape index (κ3) is 3.55. The first-order valence-corrected chi connectivity index (χ1v) is 5.33. The molecule has 1 amide bonds. The molecule has 0 atom stereocenters. The number of aromatic nitrogens is 1. The summed E-state index contributed by atoms with van der Waals surface area (Å²) in [5.74, 6) is -0.406. The molecule has 0 spiro atoms. The standard InChI is InChI=1S/C13H11FN2O2/c14-10-4-3-5-11(8-10)16-12(17)9-18-13-6-1-2-7-15-13/h1-8H,9H2,(H,16,17). The molecule has 0 bridgehead atoms. The van der Waals surface area contributed by atoms with E-state index >= 15 is 0 Å². The lowest BCUT2D eigenvalue weighted by atomic mass is 10.3. The molecule has 1 heterocycles. The summed E-state index contributed by atoms with van der Waals surface area (Å²) in [6.07, 6.45) is 1.57. The van der Waals surface area contributed by atoms with Crippen molar-refractivity contribution < 1.29 is 13.9 Å². The normalized spacial score (nSPS) is 9.83. The van der Waals surface area contributed by atoms with Gasteiger partial charge in [0.2, 0.25) is 5.88 Å². The molecule has 0 fully saturated rings. The summed E-state index contributed by atoms with van der Waals surface area (Å²) in [5, 5.41) is 2.52. The number of carbonyl (C=O) groups excluding carboxylic acids is 1. The minimum atomic E-state index is -0.404. The highest BCUT2D eigenvalue weighted by molar-refractivity contribution is 5.91. The third-order valence-corrected chi connectivity index (χ3v) is 2.10. The van der Waals surface area contributed by atoms with Gasteiger partial charge in [-0.1, -0.05) is 12.1 Å². The summed E-state index contributed by atoms with van der Waals surface area (Å²) in [5.41, 5.74) is 0.393. The Kier molecular flexibility index (Phi) is 3.86. The van der Waals surface area contributed by atoms with Gasteiger partial charge in [0.05, 0.1) is 0 Å². The lowest BCUT2D eigenvalue weighted by Crippen LogP contribution is -2.20. The Labute approximate surface area is 103 Å². The van der Waals surface area contributed by atoms with Crippen LogP contribution in [0.25, 0.3) is 0 Å². The number of hydrogen-bond acceptors (Lipinski definition) is 3. The molecule has 5 heteroatoms. The van der Waals surface area contributed by atoms with Crippen molar-refractivity contribution in [2.75, 3.05) is 11.9 Å². The number of hydrogen-bond donors (Lipinski definition) is 1. The van der Waals surface area contributed by atoms with Gasteiger partial charge >= 0.3 is 0 Å². The van der Waals surface area contributed by atoms with Crippen molar-refractivity contribution in [3.63, 3.8) is 0 Å². The fourth-order valence-electron chi connectivity index (χ4n) is 1.34. The average molecular weight is 246 g/mol. The fourth-order valence-corrected chi connectivity index (χ4v) is 1.34.